The van der Waals surface area contributed by atoms with E-state index in [9.17, 15) is 9.59 Å². The number of benzene rings is 1. The summed E-state index contributed by atoms with van der Waals surface area (Å²) in [6, 6.07) is 13.6. The summed E-state index contributed by atoms with van der Waals surface area (Å²) in [5, 5.41) is 11.8. The molecule has 26 heavy (non-hydrogen) atoms. The van der Waals surface area contributed by atoms with E-state index in [0.717, 1.165) is 12.8 Å². The SMILES string of the molecule is CC1CCN(C(=O)c2cccc(C(=O)Nc3ccccc3C#N)n2)CC1. The van der Waals surface area contributed by atoms with E-state index in [1.54, 1.807) is 47.4 Å². The highest BCUT2D eigenvalue weighted by atomic mass is 16.2. The van der Waals surface area contributed by atoms with E-state index in [2.05, 4.69) is 17.2 Å². The number of aromatic nitrogens is 1. The Bertz CT molecular complexity index is 864. The van der Waals surface area contributed by atoms with E-state index < -0.39 is 5.91 Å². The minimum absolute atomic E-state index is 0.147. The van der Waals surface area contributed by atoms with Crippen molar-refractivity contribution in [1.29, 1.82) is 5.26 Å². The molecule has 0 bridgehead atoms. The second kappa shape index (κ2) is 7.79. The van der Waals surface area contributed by atoms with Gasteiger partial charge in [-0.05, 0) is 43.0 Å². The highest BCUT2D eigenvalue weighted by Crippen LogP contribution is 2.18. The van der Waals surface area contributed by atoms with E-state index in [4.69, 9.17) is 5.26 Å². The first-order valence-corrected chi connectivity index (χ1v) is 8.65. The van der Waals surface area contributed by atoms with Crippen molar-refractivity contribution in [1.82, 2.24) is 9.88 Å². The number of nitrogens with one attached hydrogen (secondary N) is 1. The molecule has 1 fully saturated rings. The Morgan fingerprint density at radius 2 is 1.81 bits per heavy atom. The molecule has 1 aromatic heterocycles. The molecule has 2 heterocycles. The van der Waals surface area contributed by atoms with E-state index >= 15 is 0 Å². The van der Waals surface area contributed by atoms with Crippen LogP contribution in [-0.4, -0.2) is 34.8 Å². The summed E-state index contributed by atoms with van der Waals surface area (Å²) >= 11 is 0. The Labute approximate surface area is 152 Å². The number of hydrogen-bond donors (Lipinski definition) is 1. The fraction of sp³-hybridized carbons (Fsp3) is 0.300. The molecule has 0 saturated carbocycles. The topological polar surface area (TPSA) is 86.1 Å². The van der Waals surface area contributed by atoms with Gasteiger partial charge in [-0.2, -0.15) is 5.26 Å². The summed E-state index contributed by atoms with van der Waals surface area (Å²) in [5.74, 6) is 0.0305. The first-order valence-electron chi connectivity index (χ1n) is 8.65. The number of nitriles is 1. The maximum absolute atomic E-state index is 12.6. The van der Waals surface area contributed by atoms with Crippen molar-refractivity contribution >= 4 is 17.5 Å². The molecule has 6 heteroatoms. The number of hydrogen-bond acceptors (Lipinski definition) is 4. The zero-order chi connectivity index (χ0) is 18.5. The molecule has 1 aliphatic heterocycles. The normalized spacial score (nSPS) is 14.5. The van der Waals surface area contributed by atoms with Crippen LogP contribution >= 0.6 is 0 Å². The highest BCUT2D eigenvalue weighted by Gasteiger charge is 2.23. The Morgan fingerprint density at radius 3 is 2.54 bits per heavy atom. The predicted octanol–water partition coefficient (Wildman–Crippen LogP) is 3.08. The Morgan fingerprint density at radius 1 is 1.12 bits per heavy atom. The fourth-order valence-corrected chi connectivity index (χ4v) is 2.93. The summed E-state index contributed by atoms with van der Waals surface area (Å²) in [7, 11) is 0. The third-order valence-electron chi connectivity index (χ3n) is 4.57. The van der Waals surface area contributed by atoms with E-state index in [1.807, 2.05) is 6.07 Å². The zero-order valence-electron chi connectivity index (χ0n) is 14.6. The van der Waals surface area contributed by atoms with Gasteiger partial charge < -0.3 is 10.2 Å². The molecule has 0 spiro atoms. The van der Waals surface area contributed by atoms with Gasteiger partial charge in [0.2, 0.25) is 0 Å². The first kappa shape index (κ1) is 17.6. The van der Waals surface area contributed by atoms with Crippen molar-refractivity contribution < 1.29 is 9.59 Å². The lowest BCUT2D eigenvalue weighted by Gasteiger charge is -2.30. The maximum Gasteiger partial charge on any atom is 0.274 e. The summed E-state index contributed by atoms with van der Waals surface area (Å²) in [4.78, 5) is 31.1. The van der Waals surface area contributed by atoms with Crippen LogP contribution in [0.2, 0.25) is 0 Å². The van der Waals surface area contributed by atoms with Crippen molar-refractivity contribution in [2.45, 2.75) is 19.8 Å². The molecular weight excluding hydrogens is 328 g/mol. The van der Waals surface area contributed by atoms with Crippen LogP contribution in [-0.2, 0) is 0 Å². The number of para-hydroxylation sites is 1. The van der Waals surface area contributed by atoms with Gasteiger partial charge in [-0.3, -0.25) is 9.59 Å². The number of carbonyl (C=O) groups excluding carboxylic acids is 2. The first-order chi connectivity index (χ1) is 12.6. The number of likely N-dealkylation sites (tertiary alicyclic amines) is 1. The van der Waals surface area contributed by atoms with Gasteiger partial charge in [-0.1, -0.05) is 25.1 Å². The standard InChI is InChI=1S/C20H20N4O2/c1-14-9-11-24(12-10-14)20(26)18-8-4-7-17(22-18)19(25)23-16-6-3-2-5-15(16)13-21/h2-8,14H,9-12H2,1H3,(H,23,25). The van der Waals surface area contributed by atoms with Crippen LogP contribution in [0.3, 0.4) is 0 Å². The molecule has 1 aliphatic rings. The number of rotatable bonds is 3. The lowest BCUT2D eigenvalue weighted by molar-refractivity contribution is 0.0691. The van der Waals surface area contributed by atoms with Crippen LogP contribution in [0.5, 0.6) is 0 Å². The van der Waals surface area contributed by atoms with Crippen molar-refractivity contribution in [2.24, 2.45) is 5.92 Å². The van der Waals surface area contributed by atoms with Crippen molar-refractivity contribution in [3.05, 3.63) is 59.4 Å². The van der Waals surface area contributed by atoms with Gasteiger partial charge in [0.05, 0.1) is 11.3 Å². The number of carbonyl (C=O) groups is 2. The van der Waals surface area contributed by atoms with Gasteiger partial charge in [0.1, 0.15) is 17.5 Å². The van der Waals surface area contributed by atoms with Gasteiger partial charge in [0.15, 0.2) is 0 Å². The van der Waals surface area contributed by atoms with Gasteiger partial charge >= 0.3 is 0 Å². The van der Waals surface area contributed by atoms with Crippen LogP contribution in [0.4, 0.5) is 5.69 Å². The lowest BCUT2D eigenvalue weighted by Crippen LogP contribution is -2.38. The van der Waals surface area contributed by atoms with Gasteiger partial charge in [-0.15, -0.1) is 0 Å². The van der Waals surface area contributed by atoms with Crippen LogP contribution < -0.4 is 5.32 Å². The largest absolute Gasteiger partial charge is 0.337 e. The maximum atomic E-state index is 12.6. The number of amides is 2. The molecule has 3 rings (SSSR count). The molecular formula is C20H20N4O2. The molecule has 0 unspecified atom stereocenters. The highest BCUT2D eigenvalue weighted by molar-refractivity contribution is 6.04. The number of piperidine rings is 1. The molecule has 0 radical (unpaired) electrons. The summed E-state index contributed by atoms with van der Waals surface area (Å²) < 4.78 is 0. The van der Waals surface area contributed by atoms with Gasteiger partial charge in [-0.25, -0.2) is 4.98 Å². The molecule has 0 atom stereocenters. The number of anilines is 1. The summed E-state index contributed by atoms with van der Waals surface area (Å²) in [6.07, 6.45) is 1.97. The average molecular weight is 348 g/mol. The van der Waals surface area contributed by atoms with Gasteiger partial charge in [0, 0.05) is 13.1 Å². The second-order valence-electron chi connectivity index (χ2n) is 6.49. The smallest absolute Gasteiger partial charge is 0.274 e. The van der Waals surface area contributed by atoms with Crippen molar-refractivity contribution in [2.75, 3.05) is 18.4 Å². The van der Waals surface area contributed by atoms with Crippen molar-refractivity contribution in [3.8, 4) is 6.07 Å². The van der Waals surface area contributed by atoms with Crippen LogP contribution in [0, 0.1) is 17.2 Å². The second-order valence-corrected chi connectivity index (χ2v) is 6.49. The summed E-state index contributed by atoms with van der Waals surface area (Å²) in [6.45, 7) is 3.62. The average Bonchev–Trinajstić information content (AvgIpc) is 2.68. The molecule has 132 valence electrons. The minimum atomic E-state index is -0.449. The van der Waals surface area contributed by atoms with Crippen LogP contribution in [0.15, 0.2) is 42.5 Å². The quantitative estimate of drug-likeness (QED) is 0.923. The molecule has 1 aromatic carbocycles. The zero-order valence-corrected chi connectivity index (χ0v) is 14.6. The van der Waals surface area contributed by atoms with E-state index in [-0.39, 0.29) is 17.3 Å². The number of pyridine rings is 1. The molecule has 1 saturated heterocycles. The Hall–Kier alpha value is -3.20. The fourth-order valence-electron chi connectivity index (χ4n) is 2.93. The minimum Gasteiger partial charge on any atom is -0.337 e. The third-order valence-corrected chi connectivity index (χ3v) is 4.57. The Balaban J connectivity index is 1.75. The predicted molar refractivity (Wildman–Crippen MR) is 97.6 cm³/mol. The van der Waals surface area contributed by atoms with E-state index in [1.165, 1.54) is 0 Å². The molecule has 6 nitrogen and oxygen atoms in total. The number of nitrogens with zero attached hydrogens (tertiary/aromatic N) is 3. The molecule has 1 N–H and O–H groups in total. The molecule has 2 aromatic rings. The third kappa shape index (κ3) is 3.89. The molecule has 0 aliphatic carbocycles. The van der Waals surface area contributed by atoms with Crippen LogP contribution in [0.1, 0.15) is 46.3 Å². The van der Waals surface area contributed by atoms with Crippen molar-refractivity contribution in [3.63, 3.8) is 0 Å². The Kier molecular flexibility index (Phi) is 5.28. The molecule has 2 amide bonds. The monoisotopic (exact) mass is 348 g/mol. The lowest BCUT2D eigenvalue weighted by atomic mass is 9.99. The summed E-state index contributed by atoms with van der Waals surface area (Å²) in [5.41, 5.74) is 1.20. The van der Waals surface area contributed by atoms with Gasteiger partial charge in [0.25, 0.3) is 11.8 Å². The van der Waals surface area contributed by atoms with E-state index in [0.29, 0.717) is 30.3 Å². The van der Waals surface area contributed by atoms with Crippen LogP contribution in [0.25, 0.3) is 0 Å².